The van der Waals surface area contributed by atoms with Gasteiger partial charge in [0.25, 0.3) is 0 Å². The Morgan fingerprint density at radius 2 is 1.86 bits per heavy atom. The zero-order valence-electron chi connectivity index (χ0n) is 13.3. The van der Waals surface area contributed by atoms with Crippen LogP contribution in [0, 0.1) is 5.92 Å². The van der Waals surface area contributed by atoms with E-state index in [0.29, 0.717) is 17.9 Å². The van der Waals surface area contributed by atoms with Crippen LogP contribution in [0.2, 0.25) is 0 Å². The number of nitrogens with zero attached hydrogens (tertiary/aromatic N) is 1. The molecule has 0 aromatic heterocycles. The van der Waals surface area contributed by atoms with Crippen molar-refractivity contribution in [2.75, 3.05) is 20.7 Å². The van der Waals surface area contributed by atoms with Gasteiger partial charge in [-0.15, -0.1) is 0 Å². The van der Waals surface area contributed by atoms with Gasteiger partial charge in [0.05, 0.1) is 7.11 Å². The predicted molar refractivity (Wildman–Crippen MR) is 89.4 cm³/mol. The van der Waals surface area contributed by atoms with Crippen LogP contribution >= 0.6 is 0 Å². The summed E-state index contributed by atoms with van der Waals surface area (Å²) in [5.74, 6) is 2.18. The van der Waals surface area contributed by atoms with Crippen molar-refractivity contribution in [2.45, 2.75) is 24.8 Å². The fraction of sp³-hybridized carbons (Fsp3) is 0.400. The van der Waals surface area contributed by atoms with E-state index in [1.807, 2.05) is 0 Å². The van der Waals surface area contributed by atoms with Gasteiger partial charge < -0.3 is 4.74 Å². The minimum Gasteiger partial charge on any atom is -0.497 e. The van der Waals surface area contributed by atoms with Gasteiger partial charge in [-0.25, -0.2) is 0 Å². The molecule has 2 heteroatoms. The summed E-state index contributed by atoms with van der Waals surface area (Å²) in [5, 5.41) is 0. The third-order valence-corrected chi connectivity index (χ3v) is 5.46. The van der Waals surface area contributed by atoms with Gasteiger partial charge in [-0.05, 0) is 61.2 Å². The van der Waals surface area contributed by atoms with Crippen LogP contribution in [0.4, 0.5) is 0 Å². The maximum absolute atomic E-state index is 5.48. The van der Waals surface area contributed by atoms with E-state index in [1.54, 1.807) is 7.11 Å². The molecule has 1 saturated heterocycles. The summed E-state index contributed by atoms with van der Waals surface area (Å²) in [5.41, 5.74) is 4.42. The van der Waals surface area contributed by atoms with Gasteiger partial charge >= 0.3 is 0 Å². The standard InChI is InChI=1S/C20H23NO/c1-21-12-6-9-17-19(14-7-4-3-5-8-14)16-11-10-15(22-2)13-18(16)20(17)21/h3-5,7-8,10-11,13,17,19-20H,6,9,12H2,1-2H3. The molecule has 0 spiro atoms. The second kappa shape index (κ2) is 5.44. The molecule has 114 valence electrons. The van der Waals surface area contributed by atoms with Crippen molar-refractivity contribution in [1.82, 2.24) is 4.90 Å². The monoisotopic (exact) mass is 293 g/mol. The number of methoxy groups -OCH3 is 1. The largest absolute Gasteiger partial charge is 0.497 e. The third kappa shape index (κ3) is 2.05. The molecule has 2 aromatic rings. The molecular weight excluding hydrogens is 270 g/mol. The fourth-order valence-electron chi connectivity index (χ4n) is 4.55. The first-order valence-corrected chi connectivity index (χ1v) is 8.22. The highest BCUT2D eigenvalue weighted by atomic mass is 16.5. The first-order valence-electron chi connectivity index (χ1n) is 8.22. The van der Waals surface area contributed by atoms with Crippen LogP contribution in [0.3, 0.4) is 0 Å². The second-order valence-electron chi connectivity index (χ2n) is 6.61. The molecule has 0 radical (unpaired) electrons. The molecule has 1 heterocycles. The Kier molecular flexibility index (Phi) is 3.42. The van der Waals surface area contributed by atoms with E-state index in [0.717, 1.165) is 5.75 Å². The molecule has 0 bridgehead atoms. The first-order chi connectivity index (χ1) is 10.8. The summed E-state index contributed by atoms with van der Waals surface area (Å²) < 4.78 is 5.48. The molecule has 0 saturated carbocycles. The van der Waals surface area contributed by atoms with E-state index < -0.39 is 0 Å². The van der Waals surface area contributed by atoms with Crippen LogP contribution in [-0.4, -0.2) is 25.6 Å². The number of fused-ring (bicyclic) bond motifs is 3. The van der Waals surface area contributed by atoms with E-state index in [1.165, 1.54) is 36.1 Å². The van der Waals surface area contributed by atoms with E-state index in [9.17, 15) is 0 Å². The SMILES string of the molecule is COc1ccc2c(c1)C1C(CCCN1C)C2c1ccccc1. The second-order valence-corrected chi connectivity index (χ2v) is 6.61. The molecule has 1 aliphatic carbocycles. The number of rotatable bonds is 2. The van der Waals surface area contributed by atoms with Crippen molar-refractivity contribution < 1.29 is 4.74 Å². The van der Waals surface area contributed by atoms with Crippen molar-refractivity contribution in [3.8, 4) is 5.75 Å². The Hall–Kier alpha value is -1.80. The third-order valence-electron chi connectivity index (χ3n) is 5.46. The molecule has 2 aliphatic rings. The molecule has 0 amide bonds. The maximum atomic E-state index is 5.48. The smallest absolute Gasteiger partial charge is 0.119 e. The van der Waals surface area contributed by atoms with Gasteiger partial charge in [0.2, 0.25) is 0 Å². The van der Waals surface area contributed by atoms with Gasteiger partial charge in [0, 0.05) is 12.0 Å². The summed E-state index contributed by atoms with van der Waals surface area (Å²) in [7, 11) is 4.03. The van der Waals surface area contributed by atoms with Crippen LogP contribution in [-0.2, 0) is 0 Å². The van der Waals surface area contributed by atoms with Gasteiger partial charge in [-0.2, -0.15) is 0 Å². The lowest BCUT2D eigenvalue weighted by molar-refractivity contribution is 0.126. The van der Waals surface area contributed by atoms with Crippen LogP contribution < -0.4 is 4.74 Å². The maximum Gasteiger partial charge on any atom is 0.119 e. The molecule has 1 fully saturated rings. The highest BCUT2D eigenvalue weighted by Gasteiger charge is 2.44. The highest BCUT2D eigenvalue weighted by molar-refractivity contribution is 5.49. The Morgan fingerprint density at radius 1 is 1.05 bits per heavy atom. The summed E-state index contributed by atoms with van der Waals surface area (Å²) in [4.78, 5) is 2.54. The van der Waals surface area contributed by atoms with Crippen LogP contribution in [0.5, 0.6) is 5.75 Å². The minimum atomic E-state index is 0.523. The van der Waals surface area contributed by atoms with Crippen molar-refractivity contribution in [3.63, 3.8) is 0 Å². The van der Waals surface area contributed by atoms with Crippen molar-refractivity contribution in [2.24, 2.45) is 5.92 Å². The number of hydrogen-bond donors (Lipinski definition) is 0. The normalized spacial score (nSPS) is 27.3. The topological polar surface area (TPSA) is 12.5 Å². The molecule has 2 aromatic carbocycles. The molecule has 0 N–H and O–H groups in total. The lowest BCUT2D eigenvalue weighted by Crippen LogP contribution is -2.34. The van der Waals surface area contributed by atoms with Crippen molar-refractivity contribution >= 4 is 0 Å². The van der Waals surface area contributed by atoms with Gasteiger partial charge in [-0.1, -0.05) is 36.4 Å². The highest BCUT2D eigenvalue weighted by Crippen LogP contribution is 2.54. The summed E-state index contributed by atoms with van der Waals surface area (Å²) in [6.45, 7) is 1.19. The summed E-state index contributed by atoms with van der Waals surface area (Å²) in [6.07, 6.45) is 2.61. The molecule has 3 unspecified atom stereocenters. The summed E-state index contributed by atoms with van der Waals surface area (Å²) >= 11 is 0. The average Bonchev–Trinajstić information content (AvgIpc) is 2.90. The molecule has 4 rings (SSSR count). The van der Waals surface area contributed by atoms with E-state index in [-0.39, 0.29) is 0 Å². The molecule has 1 aliphatic heterocycles. The van der Waals surface area contributed by atoms with Gasteiger partial charge in [0.1, 0.15) is 5.75 Å². The zero-order chi connectivity index (χ0) is 15.1. The Labute approximate surface area is 132 Å². The van der Waals surface area contributed by atoms with Gasteiger partial charge in [0.15, 0.2) is 0 Å². The summed E-state index contributed by atoms with van der Waals surface area (Å²) in [6, 6.07) is 18.2. The molecule has 22 heavy (non-hydrogen) atoms. The number of likely N-dealkylation sites (tertiary alicyclic amines) is 1. The molecule has 3 atom stereocenters. The Bertz CT molecular complexity index is 667. The average molecular weight is 293 g/mol. The first kappa shape index (κ1) is 13.8. The van der Waals surface area contributed by atoms with Crippen LogP contribution in [0.25, 0.3) is 0 Å². The quantitative estimate of drug-likeness (QED) is 0.822. The zero-order valence-corrected chi connectivity index (χ0v) is 13.3. The Balaban J connectivity index is 1.86. The van der Waals surface area contributed by atoms with Crippen LogP contribution in [0.15, 0.2) is 48.5 Å². The number of ether oxygens (including phenoxy) is 1. The molecule has 2 nitrogen and oxygen atoms in total. The number of benzene rings is 2. The van der Waals surface area contributed by atoms with Crippen molar-refractivity contribution in [1.29, 1.82) is 0 Å². The lowest BCUT2D eigenvalue weighted by atomic mass is 9.80. The minimum absolute atomic E-state index is 0.523. The Morgan fingerprint density at radius 3 is 2.64 bits per heavy atom. The van der Waals surface area contributed by atoms with E-state index in [2.05, 4.69) is 60.5 Å². The van der Waals surface area contributed by atoms with Gasteiger partial charge in [-0.3, -0.25) is 4.90 Å². The predicted octanol–water partition coefficient (Wildman–Crippen LogP) is 4.22. The molecular formula is C20H23NO. The number of hydrogen-bond acceptors (Lipinski definition) is 2. The van der Waals surface area contributed by atoms with Crippen LogP contribution in [0.1, 0.15) is 41.5 Å². The number of piperidine rings is 1. The fourth-order valence-corrected chi connectivity index (χ4v) is 4.55. The van der Waals surface area contributed by atoms with E-state index >= 15 is 0 Å². The van der Waals surface area contributed by atoms with E-state index in [4.69, 9.17) is 4.74 Å². The lowest BCUT2D eigenvalue weighted by Gasteiger charge is -2.37. The van der Waals surface area contributed by atoms with Crippen molar-refractivity contribution in [3.05, 3.63) is 65.2 Å².